The summed E-state index contributed by atoms with van der Waals surface area (Å²) in [5, 5.41) is 5.57. The van der Waals surface area contributed by atoms with Crippen LogP contribution in [-0.4, -0.2) is 44.2 Å². The molecule has 8 nitrogen and oxygen atoms in total. The average Bonchev–Trinajstić information content (AvgIpc) is 2.79. The van der Waals surface area contributed by atoms with Gasteiger partial charge in [-0.15, -0.1) is 0 Å². The van der Waals surface area contributed by atoms with Crippen molar-refractivity contribution in [2.45, 2.75) is 43.0 Å². The quantitative estimate of drug-likeness (QED) is 0.680. The van der Waals surface area contributed by atoms with Crippen LogP contribution in [0.4, 0.5) is 11.4 Å². The Hall–Kier alpha value is -2.62. The molecule has 2 amide bonds. The van der Waals surface area contributed by atoms with E-state index in [1.807, 2.05) is 0 Å². The van der Waals surface area contributed by atoms with Crippen molar-refractivity contribution in [2.24, 2.45) is 0 Å². The van der Waals surface area contributed by atoms with Gasteiger partial charge in [-0.2, -0.15) is 4.31 Å². The lowest BCUT2D eigenvalue weighted by Gasteiger charge is -2.30. The molecule has 2 N–H and O–H groups in total. The topological polar surface area (TPSA) is 105 Å². The van der Waals surface area contributed by atoms with E-state index in [2.05, 4.69) is 10.6 Å². The lowest BCUT2D eigenvalue weighted by Crippen LogP contribution is -2.38. The Kier molecular flexibility index (Phi) is 6.41. The van der Waals surface area contributed by atoms with Crippen LogP contribution in [0.25, 0.3) is 0 Å². The van der Waals surface area contributed by atoms with Crippen molar-refractivity contribution in [1.82, 2.24) is 4.31 Å². The highest BCUT2D eigenvalue weighted by Crippen LogP contribution is 2.36. The van der Waals surface area contributed by atoms with E-state index < -0.39 is 15.9 Å². The Morgan fingerprint density at radius 3 is 2.53 bits per heavy atom. The average molecular weight is 478 g/mol. The molecule has 170 valence electrons. The second kappa shape index (κ2) is 9.09. The minimum atomic E-state index is -3.63. The number of fused-ring (bicyclic) bond motifs is 1. The Labute approximate surface area is 191 Å². The molecule has 4 rings (SSSR count). The first-order valence-corrected chi connectivity index (χ1v) is 12.2. The van der Waals surface area contributed by atoms with Gasteiger partial charge in [0.1, 0.15) is 5.75 Å². The van der Waals surface area contributed by atoms with Crippen molar-refractivity contribution >= 4 is 44.8 Å². The molecule has 10 heteroatoms. The van der Waals surface area contributed by atoms with Crippen LogP contribution in [0.2, 0.25) is 5.02 Å². The third kappa shape index (κ3) is 4.60. The summed E-state index contributed by atoms with van der Waals surface area (Å²) in [5.74, 6) is -0.331. The number of nitrogens with one attached hydrogen (secondary N) is 2. The fourth-order valence-electron chi connectivity index (χ4n) is 3.98. The zero-order valence-electron chi connectivity index (χ0n) is 17.6. The molecule has 1 saturated carbocycles. The van der Waals surface area contributed by atoms with E-state index in [0.29, 0.717) is 17.1 Å². The number of nitrogens with zero attached hydrogens (tertiary/aromatic N) is 1. The van der Waals surface area contributed by atoms with Crippen LogP contribution in [0.3, 0.4) is 0 Å². The fraction of sp³-hybridized carbons (Fsp3) is 0.364. The summed E-state index contributed by atoms with van der Waals surface area (Å²) >= 11 is 6.23. The second-order valence-electron chi connectivity index (χ2n) is 7.96. The van der Waals surface area contributed by atoms with Crippen molar-refractivity contribution in [1.29, 1.82) is 0 Å². The van der Waals surface area contributed by atoms with Crippen molar-refractivity contribution in [3.05, 3.63) is 47.0 Å². The number of hydrogen-bond donors (Lipinski definition) is 2. The highest BCUT2D eigenvalue weighted by atomic mass is 35.5. The summed E-state index contributed by atoms with van der Waals surface area (Å²) in [5.41, 5.74) is 1.04. The maximum atomic E-state index is 13.0. The molecule has 1 heterocycles. The number of benzene rings is 2. The minimum Gasteiger partial charge on any atom is -0.482 e. The number of rotatable bonds is 5. The van der Waals surface area contributed by atoms with Gasteiger partial charge < -0.3 is 15.4 Å². The molecule has 2 aliphatic rings. The van der Waals surface area contributed by atoms with E-state index in [0.717, 1.165) is 32.1 Å². The Balaban J connectivity index is 1.48. The molecule has 1 aliphatic heterocycles. The summed E-state index contributed by atoms with van der Waals surface area (Å²) in [6, 6.07) is 8.87. The van der Waals surface area contributed by atoms with Crippen LogP contribution in [0, 0.1) is 0 Å². The molecule has 32 heavy (non-hydrogen) atoms. The predicted octanol–water partition coefficient (Wildman–Crippen LogP) is 3.88. The van der Waals surface area contributed by atoms with Crippen LogP contribution in [0.5, 0.6) is 5.75 Å². The smallest absolute Gasteiger partial charge is 0.262 e. The summed E-state index contributed by atoms with van der Waals surface area (Å²) in [7, 11) is -2.01. The van der Waals surface area contributed by atoms with Gasteiger partial charge in [0.2, 0.25) is 10.0 Å². The van der Waals surface area contributed by atoms with Crippen LogP contribution in [-0.2, 0) is 14.8 Å². The first-order chi connectivity index (χ1) is 15.3. The summed E-state index contributed by atoms with van der Waals surface area (Å²) in [6.45, 7) is -0.118. The lowest BCUT2D eigenvalue weighted by atomic mass is 9.96. The van der Waals surface area contributed by atoms with E-state index in [-0.39, 0.29) is 34.0 Å². The van der Waals surface area contributed by atoms with Crippen LogP contribution < -0.4 is 15.4 Å². The molecule has 1 fully saturated rings. The molecule has 2 aromatic carbocycles. The van der Waals surface area contributed by atoms with Crippen molar-refractivity contribution in [2.75, 3.05) is 24.3 Å². The van der Waals surface area contributed by atoms with Gasteiger partial charge in [0.05, 0.1) is 21.3 Å². The Morgan fingerprint density at radius 1 is 1.16 bits per heavy atom. The van der Waals surface area contributed by atoms with Gasteiger partial charge in [-0.25, -0.2) is 8.42 Å². The van der Waals surface area contributed by atoms with Gasteiger partial charge in [0, 0.05) is 24.7 Å². The maximum absolute atomic E-state index is 13.0. The van der Waals surface area contributed by atoms with Gasteiger partial charge in [0.25, 0.3) is 11.8 Å². The van der Waals surface area contributed by atoms with E-state index >= 15 is 0 Å². The van der Waals surface area contributed by atoms with Crippen molar-refractivity contribution in [3.63, 3.8) is 0 Å². The van der Waals surface area contributed by atoms with Gasteiger partial charge in [0.15, 0.2) is 6.61 Å². The molecule has 2 aromatic rings. The molecule has 0 saturated heterocycles. The van der Waals surface area contributed by atoms with Crippen molar-refractivity contribution < 1.29 is 22.7 Å². The highest BCUT2D eigenvalue weighted by molar-refractivity contribution is 7.89. The molecule has 0 bridgehead atoms. The zero-order valence-corrected chi connectivity index (χ0v) is 19.1. The summed E-state index contributed by atoms with van der Waals surface area (Å²) < 4.78 is 32.7. The largest absolute Gasteiger partial charge is 0.482 e. The monoisotopic (exact) mass is 477 g/mol. The molecule has 0 atom stereocenters. The van der Waals surface area contributed by atoms with Crippen LogP contribution in [0.1, 0.15) is 42.5 Å². The zero-order chi connectivity index (χ0) is 22.9. The minimum absolute atomic E-state index is 0.00915. The first-order valence-electron chi connectivity index (χ1n) is 10.4. The number of amides is 2. The standard InChI is InChI=1S/C22H24ClN3O5S/c1-26(15-5-3-2-4-6-15)32(29,30)16-9-7-14(8-10-16)22(28)25-18-12-20-19(11-17(18)23)24-21(27)13-31-20/h7-12,15H,2-6,13H2,1H3,(H,24,27)(H,25,28). The first kappa shape index (κ1) is 22.6. The summed E-state index contributed by atoms with van der Waals surface area (Å²) in [6.07, 6.45) is 4.94. The number of carbonyl (C=O) groups is 2. The van der Waals surface area contributed by atoms with Gasteiger partial charge >= 0.3 is 0 Å². The lowest BCUT2D eigenvalue weighted by molar-refractivity contribution is -0.118. The fourth-order valence-corrected chi connectivity index (χ4v) is 5.60. The number of carbonyl (C=O) groups excluding carboxylic acids is 2. The molecular formula is C22H24ClN3O5S. The summed E-state index contributed by atoms with van der Waals surface area (Å²) in [4.78, 5) is 24.3. The van der Waals surface area contributed by atoms with Gasteiger partial charge in [-0.3, -0.25) is 9.59 Å². The number of ether oxygens (including phenoxy) is 1. The predicted molar refractivity (Wildman–Crippen MR) is 122 cm³/mol. The Bertz CT molecular complexity index is 1140. The highest BCUT2D eigenvalue weighted by Gasteiger charge is 2.29. The van der Waals surface area contributed by atoms with Crippen LogP contribution in [0.15, 0.2) is 41.3 Å². The van der Waals surface area contributed by atoms with E-state index in [1.54, 1.807) is 7.05 Å². The molecule has 1 aliphatic carbocycles. The molecule has 0 spiro atoms. The second-order valence-corrected chi connectivity index (χ2v) is 10.4. The molecule has 0 unspecified atom stereocenters. The number of anilines is 2. The molecule has 0 aromatic heterocycles. The molecule has 0 radical (unpaired) electrons. The van der Waals surface area contributed by atoms with E-state index in [4.69, 9.17) is 16.3 Å². The third-order valence-electron chi connectivity index (χ3n) is 5.83. The molecular weight excluding hydrogens is 454 g/mol. The normalized spacial score (nSPS) is 16.8. The van der Waals surface area contributed by atoms with E-state index in [9.17, 15) is 18.0 Å². The van der Waals surface area contributed by atoms with Gasteiger partial charge in [-0.05, 0) is 43.2 Å². The number of hydrogen-bond acceptors (Lipinski definition) is 5. The Morgan fingerprint density at radius 2 is 1.84 bits per heavy atom. The SMILES string of the molecule is CN(C1CCCCC1)S(=O)(=O)c1ccc(C(=O)Nc2cc3c(cc2Cl)NC(=O)CO3)cc1. The third-order valence-corrected chi connectivity index (χ3v) is 8.07. The number of sulfonamides is 1. The van der Waals surface area contributed by atoms with Gasteiger partial charge in [-0.1, -0.05) is 30.9 Å². The van der Waals surface area contributed by atoms with E-state index in [1.165, 1.54) is 40.7 Å². The van der Waals surface area contributed by atoms with Crippen LogP contribution >= 0.6 is 11.6 Å². The number of halogens is 1. The maximum Gasteiger partial charge on any atom is 0.262 e. The van der Waals surface area contributed by atoms with Crippen molar-refractivity contribution in [3.8, 4) is 5.75 Å².